The SMILES string of the molecule is C=Cc1ccc(F)c(-c2cccc(OCc3ccccc3)c2)c1. The molecule has 0 N–H and O–H groups in total. The van der Waals surface area contributed by atoms with E-state index in [-0.39, 0.29) is 5.82 Å². The van der Waals surface area contributed by atoms with Crippen LogP contribution in [0, 0.1) is 5.82 Å². The van der Waals surface area contributed by atoms with Crippen molar-refractivity contribution in [2.45, 2.75) is 6.61 Å². The molecular weight excluding hydrogens is 287 g/mol. The fourth-order valence-electron chi connectivity index (χ4n) is 2.39. The van der Waals surface area contributed by atoms with Gasteiger partial charge in [0.05, 0.1) is 0 Å². The van der Waals surface area contributed by atoms with E-state index in [1.54, 1.807) is 18.2 Å². The Hall–Kier alpha value is -2.87. The molecule has 3 rings (SSSR count). The zero-order valence-corrected chi connectivity index (χ0v) is 12.7. The van der Waals surface area contributed by atoms with Crippen LogP contribution >= 0.6 is 0 Å². The van der Waals surface area contributed by atoms with Crippen molar-refractivity contribution >= 4 is 6.08 Å². The van der Waals surface area contributed by atoms with Crippen LogP contribution in [0.3, 0.4) is 0 Å². The minimum atomic E-state index is -0.254. The molecule has 1 nitrogen and oxygen atoms in total. The summed E-state index contributed by atoms with van der Waals surface area (Å²) in [5.74, 6) is 0.463. The van der Waals surface area contributed by atoms with Gasteiger partial charge in [-0.1, -0.05) is 61.2 Å². The molecule has 0 saturated carbocycles. The monoisotopic (exact) mass is 304 g/mol. The summed E-state index contributed by atoms with van der Waals surface area (Å²) < 4.78 is 19.9. The van der Waals surface area contributed by atoms with Crippen LogP contribution in [-0.2, 0) is 6.61 Å². The second-order valence-corrected chi connectivity index (χ2v) is 5.25. The van der Waals surface area contributed by atoms with Crippen molar-refractivity contribution in [2.75, 3.05) is 0 Å². The molecule has 0 aliphatic heterocycles. The number of ether oxygens (including phenoxy) is 1. The van der Waals surface area contributed by atoms with Gasteiger partial charge in [0, 0.05) is 5.56 Å². The number of hydrogen-bond acceptors (Lipinski definition) is 1. The van der Waals surface area contributed by atoms with E-state index in [2.05, 4.69) is 6.58 Å². The number of hydrogen-bond donors (Lipinski definition) is 0. The molecule has 0 unspecified atom stereocenters. The van der Waals surface area contributed by atoms with Crippen LogP contribution in [0.15, 0.2) is 79.4 Å². The van der Waals surface area contributed by atoms with Gasteiger partial charge in [0.2, 0.25) is 0 Å². The summed E-state index contributed by atoms with van der Waals surface area (Å²) >= 11 is 0. The molecule has 0 amide bonds. The number of halogens is 1. The molecule has 114 valence electrons. The number of benzene rings is 3. The molecule has 0 bridgehead atoms. The average molecular weight is 304 g/mol. The molecule has 0 aliphatic carbocycles. The van der Waals surface area contributed by atoms with Gasteiger partial charge in [-0.25, -0.2) is 4.39 Å². The molecule has 3 aromatic carbocycles. The Morgan fingerprint density at radius 2 is 1.74 bits per heavy atom. The number of rotatable bonds is 5. The molecule has 0 aliphatic rings. The van der Waals surface area contributed by atoms with E-state index in [0.29, 0.717) is 12.2 Å². The third-order valence-corrected chi connectivity index (χ3v) is 3.62. The van der Waals surface area contributed by atoms with E-state index < -0.39 is 0 Å². The molecular formula is C21H17FO. The predicted octanol–water partition coefficient (Wildman–Crippen LogP) is 5.71. The Kier molecular flexibility index (Phi) is 4.53. The molecule has 0 aromatic heterocycles. The van der Waals surface area contributed by atoms with Crippen LogP contribution in [0.4, 0.5) is 4.39 Å². The highest BCUT2D eigenvalue weighted by atomic mass is 19.1. The third kappa shape index (κ3) is 3.67. The van der Waals surface area contributed by atoms with Crippen molar-refractivity contribution in [3.05, 3.63) is 96.3 Å². The highest BCUT2D eigenvalue weighted by molar-refractivity contribution is 5.69. The van der Waals surface area contributed by atoms with E-state index in [1.165, 1.54) is 6.07 Å². The first kappa shape index (κ1) is 15.0. The lowest BCUT2D eigenvalue weighted by Crippen LogP contribution is -1.95. The van der Waals surface area contributed by atoms with E-state index in [9.17, 15) is 4.39 Å². The molecule has 0 saturated heterocycles. The standard InChI is InChI=1S/C21H17FO/c1-2-16-11-12-21(22)20(13-16)18-9-6-10-19(14-18)23-15-17-7-4-3-5-8-17/h2-14H,1,15H2. The Bertz CT molecular complexity index is 809. The molecule has 2 heteroatoms. The van der Waals surface area contributed by atoms with Crippen LogP contribution in [0.25, 0.3) is 17.2 Å². The lowest BCUT2D eigenvalue weighted by molar-refractivity contribution is 0.306. The van der Waals surface area contributed by atoms with Gasteiger partial charge < -0.3 is 4.74 Å². The Morgan fingerprint density at radius 1 is 0.913 bits per heavy atom. The summed E-state index contributed by atoms with van der Waals surface area (Å²) in [5, 5.41) is 0. The van der Waals surface area contributed by atoms with E-state index in [4.69, 9.17) is 4.74 Å². The minimum absolute atomic E-state index is 0.254. The summed E-state index contributed by atoms with van der Waals surface area (Å²) in [4.78, 5) is 0. The summed E-state index contributed by atoms with van der Waals surface area (Å²) in [6.45, 7) is 4.21. The zero-order chi connectivity index (χ0) is 16.1. The maximum absolute atomic E-state index is 14.1. The van der Waals surface area contributed by atoms with Gasteiger partial charge in [-0.05, 0) is 41.0 Å². The van der Waals surface area contributed by atoms with Crippen molar-refractivity contribution in [1.82, 2.24) is 0 Å². The van der Waals surface area contributed by atoms with E-state index in [0.717, 1.165) is 22.4 Å². The fourth-order valence-corrected chi connectivity index (χ4v) is 2.39. The van der Waals surface area contributed by atoms with Gasteiger partial charge in [-0.3, -0.25) is 0 Å². The lowest BCUT2D eigenvalue weighted by Gasteiger charge is -2.09. The Labute approximate surface area is 135 Å². The van der Waals surface area contributed by atoms with Crippen molar-refractivity contribution in [1.29, 1.82) is 0 Å². The predicted molar refractivity (Wildman–Crippen MR) is 92.7 cm³/mol. The normalized spacial score (nSPS) is 10.3. The van der Waals surface area contributed by atoms with E-state index >= 15 is 0 Å². The van der Waals surface area contributed by atoms with Gasteiger partial charge >= 0.3 is 0 Å². The van der Waals surface area contributed by atoms with Crippen LogP contribution in [0.1, 0.15) is 11.1 Å². The lowest BCUT2D eigenvalue weighted by atomic mass is 10.0. The summed E-state index contributed by atoms with van der Waals surface area (Å²) in [6, 6.07) is 22.4. The van der Waals surface area contributed by atoms with Crippen molar-refractivity contribution in [3.8, 4) is 16.9 Å². The molecule has 3 aromatic rings. The molecule has 0 heterocycles. The first-order valence-corrected chi connectivity index (χ1v) is 7.45. The molecule has 23 heavy (non-hydrogen) atoms. The second kappa shape index (κ2) is 6.93. The zero-order valence-electron chi connectivity index (χ0n) is 12.7. The molecule has 0 atom stereocenters. The van der Waals surface area contributed by atoms with Gasteiger partial charge in [0.25, 0.3) is 0 Å². The summed E-state index contributed by atoms with van der Waals surface area (Å²) in [5.41, 5.74) is 3.32. The topological polar surface area (TPSA) is 9.23 Å². The van der Waals surface area contributed by atoms with Crippen molar-refractivity contribution < 1.29 is 9.13 Å². The van der Waals surface area contributed by atoms with Crippen molar-refractivity contribution in [2.24, 2.45) is 0 Å². The van der Waals surface area contributed by atoms with Crippen LogP contribution in [0.5, 0.6) is 5.75 Å². The summed E-state index contributed by atoms with van der Waals surface area (Å²) in [7, 11) is 0. The third-order valence-electron chi connectivity index (χ3n) is 3.62. The van der Waals surface area contributed by atoms with Crippen LogP contribution < -0.4 is 4.74 Å². The van der Waals surface area contributed by atoms with E-state index in [1.807, 2.05) is 54.6 Å². The molecule has 0 fully saturated rings. The smallest absolute Gasteiger partial charge is 0.131 e. The molecule has 0 spiro atoms. The first-order chi connectivity index (χ1) is 11.3. The van der Waals surface area contributed by atoms with Gasteiger partial charge in [-0.2, -0.15) is 0 Å². The van der Waals surface area contributed by atoms with Gasteiger partial charge in [0.15, 0.2) is 0 Å². The molecule has 0 radical (unpaired) electrons. The average Bonchev–Trinajstić information content (AvgIpc) is 2.61. The summed E-state index contributed by atoms with van der Waals surface area (Å²) in [6.07, 6.45) is 1.71. The van der Waals surface area contributed by atoms with Crippen LogP contribution in [-0.4, -0.2) is 0 Å². The Balaban J connectivity index is 1.84. The fraction of sp³-hybridized carbons (Fsp3) is 0.0476. The van der Waals surface area contributed by atoms with Gasteiger partial charge in [-0.15, -0.1) is 0 Å². The highest BCUT2D eigenvalue weighted by Crippen LogP contribution is 2.28. The largest absolute Gasteiger partial charge is 0.489 e. The highest BCUT2D eigenvalue weighted by Gasteiger charge is 2.07. The maximum Gasteiger partial charge on any atom is 0.131 e. The van der Waals surface area contributed by atoms with Crippen LogP contribution in [0.2, 0.25) is 0 Å². The quantitative estimate of drug-likeness (QED) is 0.586. The van der Waals surface area contributed by atoms with Crippen molar-refractivity contribution in [3.63, 3.8) is 0 Å². The maximum atomic E-state index is 14.1. The Morgan fingerprint density at radius 3 is 2.52 bits per heavy atom. The minimum Gasteiger partial charge on any atom is -0.489 e. The second-order valence-electron chi connectivity index (χ2n) is 5.25. The first-order valence-electron chi connectivity index (χ1n) is 7.45. The van der Waals surface area contributed by atoms with Gasteiger partial charge in [0.1, 0.15) is 18.2 Å².